The third-order valence-electron chi connectivity index (χ3n) is 3.29. The van der Waals surface area contributed by atoms with Gasteiger partial charge in [0, 0.05) is 24.2 Å². The van der Waals surface area contributed by atoms with Crippen LogP contribution in [0, 0.1) is 12.7 Å². The third-order valence-corrected chi connectivity index (χ3v) is 4.32. The van der Waals surface area contributed by atoms with E-state index in [-0.39, 0.29) is 11.9 Å². The zero-order chi connectivity index (χ0) is 15.6. The number of nitrogens with zero attached hydrogens (tertiary/aromatic N) is 2. The predicted molar refractivity (Wildman–Crippen MR) is 83.7 cm³/mol. The maximum absolute atomic E-state index is 13.9. The molecule has 0 spiro atoms. The highest BCUT2D eigenvalue weighted by atomic mass is 79.9. The van der Waals surface area contributed by atoms with Crippen molar-refractivity contribution in [3.63, 3.8) is 0 Å². The highest BCUT2D eigenvalue weighted by Crippen LogP contribution is 2.25. The van der Waals surface area contributed by atoms with E-state index in [0.29, 0.717) is 17.9 Å². The van der Waals surface area contributed by atoms with E-state index in [1.165, 1.54) is 6.07 Å². The minimum Gasteiger partial charge on any atom is -0.487 e. The molecule has 0 unspecified atom stereocenters. The zero-order valence-electron chi connectivity index (χ0n) is 12.4. The van der Waals surface area contributed by atoms with Gasteiger partial charge in [-0.25, -0.2) is 4.39 Å². The van der Waals surface area contributed by atoms with Gasteiger partial charge in [-0.3, -0.25) is 4.68 Å². The average molecular weight is 356 g/mol. The second kappa shape index (κ2) is 6.58. The molecule has 21 heavy (non-hydrogen) atoms. The van der Waals surface area contributed by atoms with Crippen molar-refractivity contribution < 1.29 is 9.13 Å². The van der Waals surface area contributed by atoms with Gasteiger partial charge in [0.25, 0.3) is 0 Å². The molecule has 0 radical (unpaired) electrons. The molecule has 1 aromatic carbocycles. The topological polar surface area (TPSA) is 53.1 Å². The minimum atomic E-state index is -0.346. The van der Waals surface area contributed by atoms with Crippen molar-refractivity contribution >= 4 is 15.9 Å². The fraction of sp³-hybridized carbons (Fsp3) is 0.400. The molecule has 0 bridgehead atoms. The summed E-state index contributed by atoms with van der Waals surface area (Å²) in [6.07, 6.45) is 0. The molecule has 0 aliphatic rings. The first-order valence-electron chi connectivity index (χ1n) is 6.83. The first-order chi connectivity index (χ1) is 9.93. The number of nitrogens with two attached hydrogens (primary N) is 1. The van der Waals surface area contributed by atoms with Crippen LogP contribution in [-0.2, 0) is 13.2 Å². The highest BCUT2D eigenvalue weighted by molar-refractivity contribution is 9.10. The smallest absolute Gasteiger partial charge is 0.131 e. The van der Waals surface area contributed by atoms with Gasteiger partial charge in [-0.05, 0) is 42.8 Å². The van der Waals surface area contributed by atoms with Crippen molar-refractivity contribution in [2.24, 2.45) is 5.73 Å². The summed E-state index contributed by atoms with van der Waals surface area (Å²) in [7, 11) is 0. The summed E-state index contributed by atoms with van der Waals surface area (Å²) in [6, 6.07) is 4.42. The van der Waals surface area contributed by atoms with Crippen LogP contribution < -0.4 is 10.5 Å². The Morgan fingerprint density at radius 3 is 2.76 bits per heavy atom. The van der Waals surface area contributed by atoms with E-state index in [0.717, 1.165) is 22.4 Å². The maximum atomic E-state index is 13.9. The lowest BCUT2D eigenvalue weighted by atomic mass is 10.1. The first kappa shape index (κ1) is 16.0. The fourth-order valence-corrected chi connectivity index (χ4v) is 2.52. The van der Waals surface area contributed by atoms with Gasteiger partial charge in [0.1, 0.15) is 18.2 Å². The van der Waals surface area contributed by atoms with Gasteiger partial charge in [-0.2, -0.15) is 5.10 Å². The molecule has 6 heteroatoms. The number of ether oxygens (including phenoxy) is 1. The standard InChI is InChI=1S/C15H19BrFN3O/c1-4-20-14(15(16)10(3)19-20)8-21-11-5-6-12(9(2)18)13(17)7-11/h5-7,9H,4,8,18H2,1-3H3/t9-/m0/s1. The lowest BCUT2D eigenvalue weighted by Gasteiger charge is -2.11. The summed E-state index contributed by atoms with van der Waals surface area (Å²) in [5, 5.41) is 4.39. The van der Waals surface area contributed by atoms with Crippen LogP contribution in [0.15, 0.2) is 22.7 Å². The van der Waals surface area contributed by atoms with Gasteiger partial charge >= 0.3 is 0 Å². The number of halogens is 2. The fourth-order valence-electron chi connectivity index (χ4n) is 2.13. The van der Waals surface area contributed by atoms with E-state index in [2.05, 4.69) is 21.0 Å². The van der Waals surface area contributed by atoms with Crippen LogP contribution in [0.1, 0.15) is 36.8 Å². The molecule has 0 amide bonds. The van der Waals surface area contributed by atoms with Gasteiger partial charge < -0.3 is 10.5 Å². The lowest BCUT2D eigenvalue weighted by Crippen LogP contribution is -2.09. The number of aromatic nitrogens is 2. The average Bonchev–Trinajstić information content (AvgIpc) is 2.71. The van der Waals surface area contributed by atoms with Crippen molar-refractivity contribution in [2.45, 2.75) is 40.0 Å². The monoisotopic (exact) mass is 355 g/mol. The van der Waals surface area contributed by atoms with Gasteiger partial charge in [-0.15, -0.1) is 0 Å². The predicted octanol–water partition coefficient (Wildman–Crippen LogP) is 3.71. The van der Waals surface area contributed by atoms with Gasteiger partial charge in [0.2, 0.25) is 0 Å². The number of aryl methyl sites for hydroxylation is 2. The second-order valence-corrected chi connectivity index (χ2v) is 5.72. The van der Waals surface area contributed by atoms with Crippen LogP contribution >= 0.6 is 15.9 Å². The van der Waals surface area contributed by atoms with Crippen molar-refractivity contribution in [3.05, 3.63) is 45.4 Å². The molecule has 2 N–H and O–H groups in total. The van der Waals surface area contributed by atoms with Gasteiger partial charge in [0.15, 0.2) is 0 Å². The highest BCUT2D eigenvalue weighted by Gasteiger charge is 2.13. The van der Waals surface area contributed by atoms with Crippen LogP contribution in [0.25, 0.3) is 0 Å². The molecule has 0 aliphatic heterocycles. The van der Waals surface area contributed by atoms with Crippen LogP contribution in [0.2, 0.25) is 0 Å². The summed E-state index contributed by atoms with van der Waals surface area (Å²) < 4.78 is 22.3. The molecule has 1 heterocycles. The molecule has 0 saturated carbocycles. The Morgan fingerprint density at radius 1 is 1.48 bits per heavy atom. The molecule has 4 nitrogen and oxygen atoms in total. The Morgan fingerprint density at radius 2 is 2.19 bits per heavy atom. The van der Waals surface area contributed by atoms with Crippen LogP contribution in [-0.4, -0.2) is 9.78 Å². The SMILES string of the molecule is CCn1nc(C)c(Br)c1COc1ccc([C@H](C)N)c(F)c1. The molecule has 0 fully saturated rings. The van der Waals surface area contributed by atoms with Crippen LogP contribution in [0.5, 0.6) is 5.75 Å². The third kappa shape index (κ3) is 3.44. The van der Waals surface area contributed by atoms with Crippen molar-refractivity contribution in [1.82, 2.24) is 9.78 Å². The zero-order valence-corrected chi connectivity index (χ0v) is 13.9. The van der Waals surface area contributed by atoms with E-state index in [9.17, 15) is 4.39 Å². The Bertz CT molecular complexity index is 640. The quantitative estimate of drug-likeness (QED) is 0.889. The van der Waals surface area contributed by atoms with Crippen LogP contribution in [0.3, 0.4) is 0 Å². The van der Waals surface area contributed by atoms with E-state index < -0.39 is 0 Å². The molecular weight excluding hydrogens is 337 g/mol. The van der Waals surface area contributed by atoms with E-state index >= 15 is 0 Å². The molecule has 114 valence electrons. The summed E-state index contributed by atoms with van der Waals surface area (Å²) in [6.45, 7) is 6.77. The Kier molecular flexibility index (Phi) is 5.00. The Balaban J connectivity index is 2.15. The van der Waals surface area contributed by atoms with Crippen molar-refractivity contribution in [2.75, 3.05) is 0 Å². The van der Waals surface area contributed by atoms with Gasteiger partial charge in [0.05, 0.1) is 15.9 Å². The molecule has 1 atom stereocenters. The van der Waals surface area contributed by atoms with Crippen molar-refractivity contribution in [1.29, 1.82) is 0 Å². The number of hydrogen-bond acceptors (Lipinski definition) is 3. The number of benzene rings is 1. The molecular formula is C15H19BrFN3O. The Labute approximate surface area is 132 Å². The number of rotatable bonds is 5. The van der Waals surface area contributed by atoms with Gasteiger partial charge in [-0.1, -0.05) is 6.07 Å². The van der Waals surface area contributed by atoms with Crippen LogP contribution in [0.4, 0.5) is 4.39 Å². The molecule has 0 aliphatic carbocycles. The molecule has 2 rings (SSSR count). The summed E-state index contributed by atoms with van der Waals surface area (Å²) in [5.41, 5.74) is 8.02. The molecule has 2 aromatic rings. The first-order valence-corrected chi connectivity index (χ1v) is 7.63. The van der Waals surface area contributed by atoms with E-state index in [4.69, 9.17) is 10.5 Å². The normalized spacial score (nSPS) is 12.5. The Hall–Kier alpha value is -1.40. The number of hydrogen-bond donors (Lipinski definition) is 1. The van der Waals surface area contributed by atoms with Crippen molar-refractivity contribution in [3.8, 4) is 5.75 Å². The minimum absolute atomic E-state index is 0.326. The lowest BCUT2D eigenvalue weighted by molar-refractivity contribution is 0.290. The second-order valence-electron chi connectivity index (χ2n) is 4.92. The largest absolute Gasteiger partial charge is 0.487 e. The summed E-state index contributed by atoms with van der Waals surface area (Å²) in [5.74, 6) is 0.132. The molecule has 0 saturated heterocycles. The maximum Gasteiger partial charge on any atom is 0.131 e. The summed E-state index contributed by atoms with van der Waals surface area (Å²) in [4.78, 5) is 0. The van der Waals surface area contributed by atoms with E-state index in [1.807, 2.05) is 18.5 Å². The summed E-state index contributed by atoms with van der Waals surface area (Å²) >= 11 is 3.51. The molecule has 1 aromatic heterocycles. The van der Waals surface area contributed by atoms with E-state index in [1.54, 1.807) is 19.1 Å².